The molecule has 0 radical (unpaired) electrons. The van der Waals surface area contributed by atoms with Crippen molar-refractivity contribution in [2.75, 3.05) is 0 Å². The molecule has 2 N–H and O–H groups in total. The minimum absolute atomic E-state index is 0. The van der Waals surface area contributed by atoms with Crippen LogP contribution in [0, 0.1) is 6.92 Å². The smallest absolute Gasteiger partial charge is 0.258 e. The first-order valence-corrected chi connectivity index (χ1v) is 8.56. The molecular formula is C16H21ClN4OS. The van der Waals surface area contributed by atoms with Crippen LogP contribution in [0.2, 0.25) is 0 Å². The fourth-order valence-corrected chi connectivity index (χ4v) is 3.50. The number of aromatic nitrogens is 2. The number of fused-ring (bicyclic) bond motifs is 1. The van der Waals surface area contributed by atoms with Gasteiger partial charge in [0.25, 0.3) is 5.56 Å². The van der Waals surface area contributed by atoms with Crippen molar-refractivity contribution in [3.8, 4) is 0 Å². The van der Waals surface area contributed by atoms with E-state index in [1.165, 1.54) is 24.6 Å². The number of aliphatic imine (C=N–C) groups is 1. The van der Waals surface area contributed by atoms with Gasteiger partial charge in [-0.05, 0) is 31.9 Å². The fraction of sp³-hybridized carbons (Fsp3) is 0.438. The largest absolute Gasteiger partial charge is 0.379 e. The van der Waals surface area contributed by atoms with Crippen LogP contribution in [-0.2, 0) is 5.75 Å². The lowest BCUT2D eigenvalue weighted by Gasteiger charge is -2.07. The summed E-state index contributed by atoms with van der Waals surface area (Å²) in [7, 11) is 0. The monoisotopic (exact) mass is 352 g/mol. The molecule has 0 spiro atoms. The SMILES string of the molecule is Cc1cccc2nc(CSC(N)=NC3CCCC3)cc(=O)n12.Cl. The molecule has 1 aliphatic carbocycles. The third kappa shape index (κ3) is 4.26. The lowest BCUT2D eigenvalue weighted by molar-refractivity contribution is 0.708. The topological polar surface area (TPSA) is 72.8 Å². The summed E-state index contributed by atoms with van der Waals surface area (Å²) in [4.78, 5) is 21.3. The molecule has 0 aliphatic heterocycles. The van der Waals surface area contributed by atoms with E-state index in [0.29, 0.717) is 22.6 Å². The van der Waals surface area contributed by atoms with Crippen molar-refractivity contribution in [2.45, 2.75) is 44.4 Å². The van der Waals surface area contributed by atoms with Gasteiger partial charge in [0.15, 0.2) is 5.17 Å². The molecule has 23 heavy (non-hydrogen) atoms. The van der Waals surface area contributed by atoms with Gasteiger partial charge in [0.1, 0.15) is 5.65 Å². The molecule has 0 aromatic carbocycles. The van der Waals surface area contributed by atoms with Gasteiger partial charge in [0, 0.05) is 17.5 Å². The minimum atomic E-state index is -0.0509. The Morgan fingerprint density at radius 1 is 1.43 bits per heavy atom. The van der Waals surface area contributed by atoms with Gasteiger partial charge in [-0.3, -0.25) is 14.2 Å². The Hall–Kier alpha value is -1.53. The first-order valence-electron chi connectivity index (χ1n) is 7.58. The highest BCUT2D eigenvalue weighted by Crippen LogP contribution is 2.22. The average Bonchev–Trinajstić information content (AvgIpc) is 2.98. The lowest BCUT2D eigenvalue weighted by atomic mass is 10.3. The number of nitrogens with two attached hydrogens (primary N) is 1. The van der Waals surface area contributed by atoms with Crippen molar-refractivity contribution >= 4 is 35.0 Å². The van der Waals surface area contributed by atoms with Crippen LogP contribution in [0.3, 0.4) is 0 Å². The Balaban J connectivity index is 0.00000192. The molecule has 0 amide bonds. The zero-order chi connectivity index (χ0) is 15.5. The van der Waals surface area contributed by atoms with Gasteiger partial charge in [0.2, 0.25) is 0 Å². The Kier molecular flexibility index (Phi) is 6.07. The van der Waals surface area contributed by atoms with Crippen LogP contribution in [-0.4, -0.2) is 20.6 Å². The molecule has 0 atom stereocenters. The molecule has 1 fully saturated rings. The summed E-state index contributed by atoms with van der Waals surface area (Å²) in [5.41, 5.74) is 8.23. The first kappa shape index (κ1) is 17.8. The zero-order valence-electron chi connectivity index (χ0n) is 13.1. The molecule has 2 aromatic rings. The van der Waals surface area contributed by atoms with Gasteiger partial charge in [-0.15, -0.1) is 12.4 Å². The Labute approximate surface area is 145 Å². The van der Waals surface area contributed by atoms with Gasteiger partial charge >= 0.3 is 0 Å². The molecular weight excluding hydrogens is 332 g/mol. The highest BCUT2D eigenvalue weighted by atomic mass is 35.5. The van der Waals surface area contributed by atoms with Gasteiger partial charge in [-0.2, -0.15) is 0 Å². The quantitative estimate of drug-likeness (QED) is 0.681. The van der Waals surface area contributed by atoms with Gasteiger partial charge < -0.3 is 5.73 Å². The number of nitrogens with zero attached hydrogens (tertiary/aromatic N) is 3. The van der Waals surface area contributed by atoms with Crippen molar-refractivity contribution in [2.24, 2.45) is 10.7 Å². The number of rotatable bonds is 3. The van der Waals surface area contributed by atoms with Crippen LogP contribution in [0.5, 0.6) is 0 Å². The van der Waals surface area contributed by atoms with E-state index in [0.717, 1.165) is 24.2 Å². The van der Waals surface area contributed by atoms with Crippen molar-refractivity contribution in [3.05, 3.63) is 46.0 Å². The van der Waals surface area contributed by atoms with E-state index >= 15 is 0 Å². The van der Waals surface area contributed by atoms with Crippen molar-refractivity contribution in [3.63, 3.8) is 0 Å². The predicted octanol–water partition coefficient (Wildman–Crippen LogP) is 2.92. The molecule has 1 saturated carbocycles. The van der Waals surface area contributed by atoms with E-state index in [9.17, 15) is 4.79 Å². The number of hydrogen-bond donors (Lipinski definition) is 1. The molecule has 124 valence electrons. The van der Waals surface area contributed by atoms with Crippen molar-refractivity contribution in [1.29, 1.82) is 0 Å². The third-order valence-corrected chi connectivity index (χ3v) is 4.78. The van der Waals surface area contributed by atoms with Crippen LogP contribution in [0.1, 0.15) is 37.1 Å². The fourth-order valence-electron chi connectivity index (χ4n) is 2.84. The maximum atomic E-state index is 12.2. The second kappa shape index (κ2) is 7.84. The number of amidine groups is 1. The van der Waals surface area contributed by atoms with Gasteiger partial charge in [-0.25, -0.2) is 4.98 Å². The molecule has 7 heteroatoms. The molecule has 1 aliphatic rings. The van der Waals surface area contributed by atoms with E-state index in [2.05, 4.69) is 9.98 Å². The lowest BCUT2D eigenvalue weighted by Crippen LogP contribution is -2.18. The molecule has 3 rings (SSSR count). The summed E-state index contributed by atoms with van der Waals surface area (Å²) in [6.45, 7) is 1.90. The number of halogens is 1. The molecule has 2 heterocycles. The van der Waals surface area contributed by atoms with Crippen LogP contribution in [0.4, 0.5) is 0 Å². The van der Waals surface area contributed by atoms with E-state index in [-0.39, 0.29) is 18.0 Å². The Morgan fingerprint density at radius 2 is 2.17 bits per heavy atom. The van der Waals surface area contributed by atoms with Gasteiger partial charge in [0.05, 0.1) is 11.7 Å². The molecule has 0 bridgehead atoms. The summed E-state index contributed by atoms with van der Waals surface area (Å²) in [6, 6.07) is 7.61. The van der Waals surface area contributed by atoms with Crippen LogP contribution >= 0.6 is 24.2 Å². The maximum Gasteiger partial charge on any atom is 0.258 e. The van der Waals surface area contributed by atoms with Gasteiger partial charge in [-0.1, -0.05) is 30.7 Å². The molecule has 5 nitrogen and oxygen atoms in total. The summed E-state index contributed by atoms with van der Waals surface area (Å²) in [6.07, 6.45) is 4.76. The highest BCUT2D eigenvalue weighted by molar-refractivity contribution is 8.13. The standard InChI is InChI=1S/C16H20N4OS.ClH/c1-11-5-4-8-14-18-13(9-15(21)20(11)14)10-22-16(17)19-12-6-2-3-7-12;/h4-5,8-9,12H,2-3,6-7,10H2,1H3,(H2,17,19);1H. The summed E-state index contributed by atoms with van der Waals surface area (Å²) < 4.78 is 1.62. The normalized spacial score (nSPS) is 15.8. The van der Waals surface area contributed by atoms with E-state index in [1.54, 1.807) is 10.5 Å². The first-order chi connectivity index (χ1) is 10.6. The second-order valence-corrected chi connectivity index (χ2v) is 6.64. The third-order valence-electron chi connectivity index (χ3n) is 3.94. The number of aryl methyl sites for hydroxylation is 1. The van der Waals surface area contributed by atoms with Crippen molar-refractivity contribution in [1.82, 2.24) is 9.38 Å². The van der Waals surface area contributed by atoms with Crippen LogP contribution in [0.15, 0.2) is 34.1 Å². The summed E-state index contributed by atoms with van der Waals surface area (Å²) >= 11 is 1.45. The predicted molar refractivity (Wildman–Crippen MR) is 98.6 cm³/mol. The van der Waals surface area contributed by atoms with Crippen LogP contribution in [0.25, 0.3) is 5.65 Å². The van der Waals surface area contributed by atoms with E-state index in [4.69, 9.17) is 5.73 Å². The Bertz CT molecular complexity index is 768. The van der Waals surface area contributed by atoms with Crippen LogP contribution < -0.4 is 11.3 Å². The van der Waals surface area contributed by atoms with E-state index < -0.39 is 0 Å². The molecule has 0 saturated heterocycles. The number of hydrogen-bond acceptors (Lipinski definition) is 4. The second-order valence-electron chi connectivity index (χ2n) is 5.64. The summed E-state index contributed by atoms with van der Waals surface area (Å²) in [5.74, 6) is 0.571. The maximum absolute atomic E-state index is 12.2. The van der Waals surface area contributed by atoms with E-state index in [1.807, 2.05) is 25.1 Å². The average molecular weight is 353 g/mol. The molecule has 2 aromatic heterocycles. The minimum Gasteiger partial charge on any atom is -0.379 e. The number of pyridine rings is 1. The summed E-state index contributed by atoms with van der Waals surface area (Å²) in [5, 5.41) is 0.596. The number of thioether (sulfide) groups is 1. The molecule has 0 unspecified atom stereocenters. The highest BCUT2D eigenvalue weighted by Gasteiger charge is 2.14. The van der Waals surface area contributed by atoms with Crippen molar-refractivity contribution < 1.29 is 0 Å². The Morgan fingerprint density at radius 3 is 2.91 bits per heavy atom. The zero-order valence-corrected chi connectivity index (χ0v) is 14.7.